The van der Waals surface area contributed by atoms with E-state index in [0.29, 0.717) is 24.2 Å². The molecule has 1 aromatic carbocycles. The molecule has 4 aliphatic rings. The van der Waals surface area contributed by atoms with Gasteiger partial charge in [0.1, 0.15) is 0 Å². The van der Waals surface area contributed by atoms with Crippen LogP contribution in [0.4, 0.5) is 5.69 Å². The molecule has 0 bridgehead atoms. The lowest BCUT2D eigenvalue weighted by Gasteiger charge is -2.60. The van der Waals surface area contributed by atoms with Crippen LogP contribution < -0.4 is 4.90 Å². The van der Waals surface area contributed by atoms with Crippen molar-refractivity contribution in [2.24, 2.45) is 11.3 Å². The first-order valence-electron chi connectivity index (χ1n) is 10.3. The minimum absolute atomic E-state index is 0.0652. The molecule has 2 aliphatic heterocycles. The van der Waals surface area contributed by atoms with E-state index in [4.69, 9.17) is 0 Å². The Morgan fingerprint density at radius 1 is 1.12 bits per heavy atom. The number of carbonyl (C=O) groups is 1. The van der Waals surface area contributed by atoms with Crippen molar-refractivity contribution in [3.8, 4) is 0 Å². The monoisotopic (exact) mass is 354 g/mol. The molecule has 2 saturated heterocycles. The van der Waals surface area contributed by atoms with Gasteiger partial charge in [-0.05, 0) is 69.1 Å². The summed E-state index contributed by atoms with van der Waals surface area (Å²) in [4.78, 5) is 17.0. The zero-order valence-electron chi connectivity index (χ0n) is 15.8. The van der Waals surface area contributed by atoms with E-state index in [1.54, 1.807) is 0 Å². The van der Waals surface area contributed by atoms with Gasteiger partial charge in [-0.3, -0.25) is 4.79 Å². The number of anilines is 1. The third-order valence-electron chi connectivity index (χ3n) is 7.26. The summed E-state index contributed by atoms with van der Waals surface area (Å²) in [5.74, 6) is 1.01. The molecular weight excluding hydrogens is 324 g/mol. The van der Waals surface area contributed by atoms with Crippen molar-refractivity contribution in [3.63, 3.8) is 0 Å². The molecule has 1 aromatic rings. The molecule has 1 amide bonds. The SMILES string of the molecule is CC1(O)CC(C(=O)N2CC3(CC(c4cccc(N5CCCC5)c4)C3)C2)C1. The van der Waals surface area contributed by atoms with Gasteiger partial charge < -0.3 is 14.9 Å². The molecule has 4 nitrogen and oxygen atoms in total. The Hall–Kier alpha value is -1.55. The Balaban J connectivity index is 1.15. The summed E-state index contributed by atoms with van der Waals surface area (Å²) in [5, 5.41) is 9.85. The summed E-state index contributed by atoms with van der Waals surface area (Å²) in [7, 11) is 0. The number of amides is 1. The van der Waals surface area contributed by atoms with E-state index < -0.39 is 5.60 Å². The predicted octanol–water partition coefficient (Wildman–Crippen LogP) is 3.15. The van der Waals surface area contributed by atoms with Crippen molar-refractivity contribution < 1.29 is 9.90 Å². The average molecular weight is 354 g/mol. The predicted molar refractivity (Wildman–Crippen MR) is 102 cm³/mol. The minimum atomic E-state index is -0.606. The van der Waals surface area contributed by atoms with E-state index in [1.165, 1.54) is 50.0 Å². The number of likely N-dealkylation sites (tertiary alicyclic amines) is 1. The van der Waals surface area contributed by atoms with Gasteiger partial charge in [0.05, 0.1) is 5.60 Å². The third kappa shape index (κ3) is 2.74. The Morgan fingerprint density at radius 2 is 1.81 bits per heavy atom. The fourth-order valence-corrected chi connectivity index (χ4v) is 5.78. The summed E-state index contributed by atoms with van der Waals surface area (Å²) < 4.78 is 0. The summed E-state index contributed by atoms with van der Waals surface area (Å²) >= 11 is 0. The molecular formula is C22H30N2O2. The van der Waals surface area contributed by atoms with Gasteiger partial charge in [-0.15, -0.1) is 0 Å². The topological polar surface area (TPSA) is 43.8 Å². The van der Waals surface area contributed by atoms with Crippen LogP contribution in [0.5, 0.6) is 0 Å². The molecule has 1 N–H and O–H groups in total. The number of hydrogen-bond donors (Lipinski definition) is 1. The lowest BCUT2D eigenvalue weighted by molar-refractivity contribution is -0.168. The van der Waals surface area contributed by atoms with Crippen LogP contribution in [0.15, 0.2) is 24.3 Å². The molecule has 2 saturated carbocycles. The van der Waals surface area contributed by atoms with Gasteiger partial charge in [0.25, 0.3) is 0 Å². The first kappa shape index (κ1) is 16.6. The summed E-state index contributed by atoms with van der Waals surface area (Å²) in [6.45, 7) is 6.10. The molecule has 0 aromatic heterocycles. The van der Waals surface area contributed by atoms with Gasteiger partial charge in [-0.25, -0.2) is 0 Å². The molecule has 0 unspecified atom stereocenters. The molecule has 4 fully saturated rings. The van der Waals surface area contributed by atoms with Crippen LogP contribution in [-0.2, 0) is 4.79 Å². The van der Waals surface area contributed by atoms with E-state index in [-0.39, 0.29) is 11.8 Å². The van der Waals surface area contributed by atoms with Crippen LogP contribution in [-0.4, -0.2) is 47.7 Å². The van der Waals surface area contributed by atoms with Crippen molar-refractivity contribution >= 4 is 11.6 Å². The molecule has 0 atom stereocenters. The first-order chi connectivity index (χ1) is 12.4. The average Bonchev–Trinajstić information content (AvgIpc) is 3.04. The van der Waals surface area contributed by atoms with Crippen molar-refractivity contribution in [1.29, 1.82) is 0 Å². The fraction of sp³-hybridized carbons (Fsp3) is 0.682. The van der Waals surface area contributed by atoms with E-state index in [1.807, 2.05) is 11.8 Å². The minimum Gasteiger partial charge on any atom is -0.390 e. The Kier molecular flexibility index (Phi) is 3.66. The van der Waals surface area contributed by atoms with Gasteiger partial charge in [0, 0.05) is 43.2 Å². The third-order valence-corrected chi connectivity index (χ3v) is 7.26. The highest BCUT2D eigenvalue weighted by Crippen LogP contribution is 2.57. The standard InChI is InChI=1S/C22H30N2O2/c1-21(26)10-18(11-21)20(25)24-14-22(15-24)12-17(13-22)16-5-4-6-19(9-16)23-7-2-3-8-23/h4-6,9,17-18,26H,2-3,7-8,10-15H2,1H3. The number of carbonyl (C=O) groups excluding carboxylic acids is 1. The highest BCUT2D eigenvalue weighted by atomic mass is 16.3. The van der Waals surface area contributed by atoms with Crippen LogP contribution in [0.2, 0.25) is 0 Å². The van der Waals surface area contributed by atoms with Crippen LogP contribution in [0, 0.1) is 11.3 Å². The molecule has 1 spiro atoms. The lowest BCUT2D eigenvalue weighted by Crippen LogP contribution is -2.65. The van der Waals surface area contributed by atoms with Crippen LogP contribution in [0.25, 0.3) is 0 Å². The van der Waals surface area contributed by atoms with Crippen LogP contribution in [0.1, 0.15) is 56.9 Å². The quantitative estimate of drug-likeness (QED) is 0.907. The Bertz CT molecular complexity index is 701. The van der Waals surface area contributed by atoms with E-state index in [0.717, 1.165) is 13.1 Å². The number of nitrogens with zero attached hydrogens (tertiary/aromatic N) is 2. The summed E-state index contributed by atoms with van der Waals surface area (Å²) in [5.41, 5.74) is 2.66. The zero-order chi connectivity index (χ0) is 17.9. The highest BCUT2D eigenvalue weighted by molar-refractivity contribution is 5.81. The largest absolute Gasteiger partial charge is 0.390 e. The lowest BCUT2D eigenvalue weighted by atomic mass is 9.55. The maximum atomic E-state index is 12.5. The highest BCUT2D eigenvalue weighted by Gasteiger charge is 2.55. The second kappa shape index (κ2) is 5.72. The molecule has 26 heavy (non-hydrogen) atoms. The second-order valence-corrected chi connectivity index (χ2v) is 9.69. The molecule has 2 heterocycles. The van der Waals surface area contributed by atoms with Crippen molar-refractivity contribution in [2.45, 2.75) is 57.0 Å². The van der Waals surface area contributed by atoms with Gasteiger partial charge >= 0.3 is 0 Å². The molecule has 2 aliphatic carbocycles. The second-order valence-electron chi connectivity index (χ2n) is 9.69. The van der Waals surface area contributed by atoms with E-state index in [9.17, 15) is 9.90 Å². The normalized spacial score (nSPS) is 32.9. The number of aliphatic hydroxyl groups is 1. The van der Waals surface area contributed by atoms with Crippen molar-refractivity contribution in [2.75, 3.05) is 31.1 Å². The number of hydrogen-bond acceptors (Lipinski definition) is 3. The van der Waals surface area contributed by atoms with Crippen molar-refractivity contribution in [3.05, 3.63) is 29.8 Å². The number of benzene rings is 1. The Morgan fingerprint density at radius 3 is 2.46 bits per heavy atom. The van der Waals surface area contributed by atoms with Gasteiger partial charge in [-0.1, -0.05) is 12.1 Å². The molecule has 5 rings (SSSR count). The maximum absolute atomic E-state index is 12.5. The molecule has 140 valence electrons. The first-order valence-corrected chi connectivity index (χ1v) is 10.3. The maximum Gasteiger partial charge on any atom is 0.225 e. The zero-order valence-corrected chi connectivity index (χ0v) is 15.8. The fourth-order valence-electron chi connectivity index (χ4n) is 5.78. The number of rotatable bonds is 3. The Labute approximate surface area is 156 Å². The van der Waals surface area contributed by atoms with Gasteiger partial charge in [0.2, 0.25) is 5.91 Å². The summed E-state index contributed by atoms with van der Waals surface area (Å²) in [6.07, 6.45) is 6.36. The van der Waals surface area contributed by atoms with E-state index >= 15 is 0 Å². The van der Waals surface area contributed by atoms with Crippen LogP contribution >= 0.6 is 0 Å². The van der Waals surface area contributed by atoms with Gasteiger partial charge in [-0.2, -0.15) is 0 Å². The smallest absolute Gasteiger partial charge is 0.225 e. The van der Waals surface area contributed by atoms with Crippen LogP contribution in [0.3, 0.4) is 0 Å². The van der Waals surface area contributed by atoms with Gasteiger partial charge in [0.15, 0.2) is 0 Å². The molecule has 0 radical (unpaired) electrons. The molecule has 4 heteroatoms. The van der Waals surface area contributed by atoms with E-state index in [2.05, 4.69) is 29.2 Å². The van der Waals surface area contributed by atoms with Crippen molar-refractivity contribution in [1.82, 2.24) is 4.90 Å². The summed E-state index contributed by atoms with van der Waals surface area (Å²) in [6, 6.07) is 9.16.